The summed E-state index contributed by atoms with van der Waals surface area (Å²) in [7, 11) is 0. The van der Waals surface area contributed by atoms with Crippen LogP contribution in [0.2, 0.25) is 0 Å². The summed E-state index contributed by atoms with van der Waals surface area (Å²) in [5.41, 5.74) is 6.23. The Bertz CT molecular complexity index is 364. The van der Waals surface area contributed by atoms with Gasteiger partial charge in [0.15, 0.2) is 4.34 Å². The normalized spacial score (nSPS) is 29.8. The summed E-state index contributed by atoms with van der Waals surface area (Å²) in [5.74, 6) is 1.59. The molecule has 96 valence electrons. The van der Waals surface area contributed by atoms with Gasteiger partial charge in [-0.1, -0.05) is 36.9 Å². The first-order valence-corrected chi connectivity index (χ1v) is 7.98. The molecule has 0 bridgehead atoms. The van der Waals surface area contributed by atoms with Crippen LogP contribution in [-0.4, -0.2) is 21.5 Å². The van der Waals surface area contributed by atoms with Crippen molar-refractivity contribution >= 4 is 23.1 Å². The van der Waals surface area contributed by atoms with E-state index in [0.29, 0.717) is 11.3 Å². The predicted molar refractivity (Wildman–Crippen MR) is 74.4 cm³/mol. The van der Waals surface area contributed by atoms with Crippen LogP contribution >= 0.6 is 23.1 Å². The van der Waals surface area contributed by atoms with E-state index < -0.39 is 0 Å². The van der Waals surface area contributed by atoms with Gasteiger partial charge in [0, 0.05) is 11.3 Å². The highest BCUT2D eigenvalue weighted by Gasteiger charge is 2.31. The van der Waals surface area contributed by atoms with Gasteiger partial charge in [0.05, 0.1) is 0 Å². The van der Waals surface area contributed by atoms with Gasteiger partial charge in [-0.2, -0.15) is 0 Å². The van der Waals surface area contributed by atoms with E-state index in [9.17, 15) is 0 Å². The molecule has 3 atom stereocenters. The second-order valence-electron chi connectivity index (χ2n) is 5.22. The van der Waals surface area contributed by atoms with Gasteiger partial charge in [-0.3, -0.25) is 0 Å². The van der Waals surface area contributed by atoms with Gasteiger partial charge in [-0.15, -0.1) is 10.2 Å². The first-order valence-electron chi connectivity index (χ1n) is 6.28. The van der Waals surface area contributed by atoms with Crippen molar-refractivity contribution in [2.75, 3.05) is 0 Å². The summed E-state index contributed by atoms with van der Waals surface area (Å²) in [5, 5.41) is 9.81. The van der Waals surface area contributed by atoms with Gasteiger partial charge in [-0.25, -0.2) is 0 Å². The molecule has 1 fully saturated rings. The molecule has 0 amide bonds. The summed E-state index contributed by atoms with van der Waals surface area (Å²) in [6.45, 7) is 6.64. The SMILES string of the molecule is Cc1nnc(SC2CC(C(C)C)CCC2N)s1. The van der Waals surface area contributed by atoms with Crippen LogP contribution in [0.4, 0.5) is 0 Å². The first-order chi connectivity index (χ1) is 8.06. The Balaban J connectivity index is 1.98. The third kappa shape index (κ3) is 3.42. The molecule has 1 aromatic heterocycles. The van der Waals surface area contributed by atoms with Crippen molar-refractivity contribution in [2.45, 2.75) is 55.7 Å². The van der Waals surface area contributed by atoms with E-state index in [-0.39, 0.29) is 0 Å². The molecule has 3 unspecified atom stereocenters. The molecular weight excluding hydrogens is 250 g/mol. The smallest absolute Gasteiger partial charge is 0.174 e. The molecule has 0 aliphatic heterocycles. The maximum atomic E-state index is 6.23. The summed E-state index contributed by atoms with van der Waals surface area (Å²) in [6.07, 6.45) is 3.66. The Morgan fingerprint density at radius 2 is 2.12 bits per heavy atom. The van der Waals surface area contributed by atoms with Crippen molar-refractivity contribution in [2.24, 2.45) is 17.6 Å². The second-order valence-corrected chi connectivity index (χ2v) is 7.89. The lowest BCUT2D eigenvalue weighted by molar-refractivity contribution is 0.266. The van der Waals surface area contributed by atoms with Crippen LogP contribution in [0.25, 0.3) is 0 Å². The summed E-state index contributed by atoms with van der Waals surface area (Å²) < 4.78 is 1.08. The molecule has 2 rings (SSSR count). The highest BCUT2D eigenvalue weighted by atomic mass is 32.2. The number of hydrogen-bond acceptors (Lipinski definition) is 5. The Kier molecular flexibility index (Phi) is 4.44. The number of aromatic nitrogens is 2. The topological polar surface area (TPSA) is 51.8 Å². The van der Waals surface area contributed by atoms with Gasteiger partial charge in [0.2, 0.25) is 0 Å². The fraction of sp³-hybridized carbons (Fsp3) is 0.833. The standard InChI is InChI=1S/C12H21N3S2/c1-7(2)9-4-5-10(13)11(6-9)17-12-15-14-8(3)16-12/h7,9-11H,4-6,13H2,1-3H3. The molecule has 0 saturated heterocycles. The van der Waals surface area contributed by atoms with Gasteiger partial charge in [-0.05, 0) is 38.0 Å². The molecule has 17 heavy (non-hydrogen) atoms. The molecule has 0 spiro atoms. The number of nitrogens with two attached hydrogens (primary N) is 1. The van der Waals surface area contributed by atoms with Crippen LogP contribution in [0.3, 0.4) is 0 Å². The van der Waals surface area contributed by atoms with Crippen molar-refractivity contribution in [3.8, 4) is 0 Å². The molecular formula is C12H21N3S2. The second kappa shape index (κ2) is 5.67. The fourth-order valence-corrected chi connectivity index (χ4v) is 4.72. The van der Waals surface area contributed by atoms with Crippen LogP contribution in [0.15, 0.2) is 4.34 Å². The zero-order valence-electron chi connectivity index (χ0n) is 10.7. The van der Waals surface area contributed by atoms with E-state index >= 15 is 0 Å². The quantitative estimate of drug-likeness (QED) is 0.918. The Morgan fingerprint density at radius 3 is 2.71 bits per heavy atom. The van der Waals surface area contributed by atoms with Crippen molar-refractivity contribution in [3.05, 3.63) is 5.01 Å². The van der Waals surface area contributed by atoms with Crippen molar-refractivity contribution in [1.29, 1.82) is 0 Å². The van der Waals surface area contributed by atoms with Crippen LogP contribution in [0.5, 0.6) is 0 Å². The number of nitrogens with zero attached hydrogens (tertiary/aromatic N) is 2. The van der Waals surface area contributed by atoms with Gasteiger partial charge in [0.25, 0.3) is 0 Å². The van der Waals surface area contributed by atoms with Crippen LogP contribution in [-0.2, 0) is 0 Å². The molecule has 5 heteroatoms. The zero-order chi connectivity index (χ0) is 12.4. The highest BCUT2D eigenvalue weighted by Crippen LogP contribution is 2.39. The van der Waals surface area contributed by atoms with E-state index in [4.69, 9.17) is 5.73 Å². The maximum Gasteiger partial charge on any atom is 0.174 e. The average molecular weight is 271 g/mol. The van der Waals surface area contributed by atoms with Crippen molar-refractivity contribution in [3.63, 3.8) is 0 Å². The van der Waals surface area contributed by atoms with Crippen molar-refractivity contribution in [1.82, 2.24) is 10.2 Å². The molecule has 0 aromatic carbocycles. The highest BCUT2D eigenvalue weighted by molar-refractivity contribution is 8.01. The minimum absolute atomic E-state index is 0.319. The van der Waals surface area contributed by atoms with Gasteiger partial charge < -0.3 is 5.73 Å². The lowest BCUT2D eigenvalue weighted by atomic mass is 9.79. The molecule has 2 N–H and O–H groups in total. The van der Waals surface area contributed by atoms with Crippen LogP contribution < -0.4 is 5.73 Å². The summed E-state index contributed by atoms with van der Waals surface area (Å²) in [6, 6.07) is 0.319. The van der Waals surface area contributed by atoms with E-state index in [2.05, 4.69) is 24.0 Å². The monoisotopic (exact) mass is 271 g/mol. The molecule has 1 saturated carbocycles. The van der Waals surface area contributed by atoms with Gasteiger partial charge >= 0.3 is 0 Å². The third-order valence-electron chi connectivity index (χ3n) is 3.59. The lowest BCUT2D eigenvalue weighted by Gasteiger charge is -2.35. The van der Waals surface area contributed by atoms with E-state index in [1.165, 1.54) is 12.8 Å². The first kappa shape index (κ1) is 13.3. The minimum Gasteiger partial charge on any atom is -0.327 e. The molecule has 1 aliphatic rings. The molecule has 1 heterocycles. The number of hydrogen-bond donors (Lipinski definition) is 1. The summed E-state index contributed by atoms with van der Waals surface area (Å²) >= 11 is 3.51. The van der Waals surface area contributed by atoms with E-state index in [1.54, 1.807) is 11.3 Å². The average Bonchev–Trinajstić information content (AvgIpc) is 2.67. The van der Waals surface area contributed by atoms with Crippen LogP contribution in [0, 0.1) is 18.8 Å². The Hall–Kier alpha value is -0.130. The summed E-state index contributed by atoms with van der Waals surface area (Å²) in [4.78, 5) is 0. The minimum atomic E-state index is 0.319. The molecule has 1 aliphatic carbocycles. The molecule has 0 radical (unpaired) electrons. The number of aryl methyl sites for hydroxylation is 1. The molecule has 1 aromatic rings. The van der Waals surface area contributed by atoms with Gasteiger partial charge in [0.1, 0.15) is 5.01 Å². The Morgan fingerprint density at radius 1 is 1.35 bits per heavy atom. The predicted octanol–water partition coefficient (Wildman–Crippen LogP) is 3.09. The van der Waals surface area contributed by atoms with Crippen molar-refractivity contribution < 1.29 is 0 Å². The van der Waals surface area contributed by atoms with E-state index in [0.717, 1.165) is 27.6 Å². The van der Waals surface area contributed by atoms with Crippen LogP contribution in [0.1, 0.15) is 38.1 Å². The maximum absolute atomic E-state index is 6.23. The molecule has 3 nitrogen and oxygen atoms in total. The zero-order valence-corrected chi connectivity index (χ0v) is 12.4. The third-order valence-corrected chi connectivity index (χ3v) is 5.89. The lowest BCUT2D eigenvalue weighted by Crippen LogP contribution is -2.39. The largest absolute Gasteiger partial charge is 0.327 e. The number of thioether (sulfide) groups is 1. The number of rotatable bonds is 3. The Labute approximate surface area is 112 Å². The fourth-order valence-electron chi connectivity index (χ4n) is 2.38. The van der Waals surface area contributed by atoms with E-state index in [1.807, 2.05) is 18.7 Å².